The van der Waals surface area contributed by atoms with Gasteiger partial charge < -0.3 is 10.5 Å². The van der Waals surface area contributed by atoms with Crippen LogP contribution < -0.4 is 5.73 Å². The third-order valence-electron chi connectivity index (χ3n) is 3.11. The first-order chi connectivity index (χ1) is 7.64. The molecule has 16 heavy (non-hydrogen) atoms. The average Bonchev–Trinajstić information content (AvgIpc) is 3.10. The molecule has 1 aliphatic rings. The first-order valence-electron chi connectivity index (χ1n) is 5.16. The smallest absolute Gasteiger partial charge is 0.316 e. The Morgan fingerprint density at radius 2 is 2.19 bits per heavy atom. The van der Waals surface area contributed by atoms with Crippen LogP contribution in [0.5, 0.6) is 0 Å². The molecule has 1 aliphatic carbocycles. The van der Waals surface area contributed by atoms with Crippen molar-refractivity contribution in [1.82, 2.24) is 0 Å². The molecule has 1 aromatic rings. The number of rotatable bonds is 3. The minimum Gasteiger partial charge on any atom is -0.468 e. The van der Waals surface area contributed by atoms with Gasteiger partial charge in [0, 0.05) is 10.6 Å². The van der Waals surface area contributed by atoms with Gasteiger partial charge in [0.25, 0.3) is 0 Å². The van der Waals surface area contributed by atoms with E-state index in [-0.39, 0.29) is 5.97 Å². The first kappa shape index (κ1) is 11.3. The number of nitrogen functional groups attached to an aromatic ring is 1. The van der Waals surface area contributed by atoms with Gasteiger partial charge in [0.15, 0.2) is 0 Å². The van der Waals surface area contributed by atoms with Crippen molar-refractivity contribution in [3.05, 3.63) is 23.8 Å². The molecule has 1 saturated carbocycles. The fraction of sp³-hybridized carbons (Fsp3) is 0.417. The normalized spacial score (nSPS) is 16.9. The van der Waals surface area contributed by atoms with Gasteiger partial charge in [-0.2, -0.15) is 0 Å². The Morgan fingerprint density at radius 1 is 1.50 bits per heavy atom. The lowest BCUT2D eigenvalue weighted by atomic mass is 9.96. The summed E-state index contributed by atoms with van der Waals surface area (Å²) in [6.45, 7) is 0. The summed E-state index contributed by atoms with van der Waals surface area (Å²) in [6, 6.07) is 5.80. The van der Waals surface area contributed by atoms with Crippen LogP contribution in [0.4, 0.5) is 5.69 Å². The topological polar surface area (TPSA) is 52.3 Å². The van der Waals surface area contributed by atoms with Crippen molar-refractivity contribution in [2.24, 2.45) is 0 Å². The Hall–Kier alpha value is -1.16. The molecule has 0 amide bonds. The predicted molar refractivity (Wildman–Crippen MR) is 65.6 cm³/mol. The number of ether oxygens (including phenoxy) is 1. The fourth-order valence-electron chi connectivity index (χ4n) is 1.94. The second-order valence-corrected chi connectivity index (χ2v) is 4.88. The minimum atomic E-state index is -0.396. The predicted octanol–water partition coefficient (Wildman–Crippen LogP) is 2.20. The highest BCUT2D eigenvalue weighted by molar-refractivity contribution is 7.98. The van der Waals surface area contributed by atoms with Gasteiger partial charge >= 0.3 is 5.97 Å². The molecule has 0 aromatic heterocycles. The number of hydrogen-bond donors (Lipinski definition) is 1. The number of nitrogens with two attached hydrogens (primary N) is 1. The Kier molecular flexibility index (Phi) is 2.84. The van der Waals surface area contributed by atoms with E-state index in [1.807, 2.05) is 24.5 Å². The molecule has 3 nitrogen and oxygen atoms in total. The van der Waals surface area contributed by atoms with Crippen molar-refractivity contribution in [3.63, 3.8) is 0 Å². The van der Waals surface area contributed by atoms with Gasteiger partial charge in [0.1, 0.15) is 0 Å². The average molecular weight is 237 g/mol. The Bertz CT molecular complexity index is 427. The SMILES string of the molecule is COC(=O)C1(c2ccc(N)c(SC)c2)CC1. The van der Waals surface area contributed by atoms with E-state index < -0.39 is 5.41 Å². The van der Waals surface area contributed by atoms with Crippen LogP contribution in [0.3, 0.4) is 0 Å². The van der Waals surface area contributed by atoms with E-state index in [1.54, 1.807) is 11.8 Å². The molecule has 0 unspecified atom stereocenters. The number of methoxy groups -OCH3 is 1. The third kappa shape index (κ3) is 1.67. The summed E-state index contributed by atoms with van der Waals surface area (Å²) < 4.78 is 4.86. The molecular formula is C12H15NO2S. The highest BCUT2D eigenvalue weighted by atomic mass is 32.2. The standard InChI is InChI=1S/C12H15NO2S/c1-15-11(14)12(5-6-12)8-3-4-9(13)10(7-8)16-2/h3-4,7H,5-6,13H2,1-2H3. The number of carbonyl (C=O) groups excluding carboxylic acids is 1. The van der Waals surface area contributed by atoms with Crippen molar-refractivity contribution >= 4 is 23.4 Å². The van der Waals surface area contributed by atoms with Crippen LogP contribution in [-0.2, 0) is 14.9 Å². The van der Waals surface area contributed by atoms with E-state index in [0.717, 1.165) is 29.0 Å². The summed E-state index contributed by atoms with van der Waals surface area (Å²) >= 11 is 1.60. The van der Waals surface area contributed by atoms with E-state index in [2.05, 4.69) is 0 Å². The first-order valence-corrected chi connectivity index (χ1v) is 6.39. The summed E-state index contributed by atoms with van der Waals surface area (Å²) in [5.74, 6) is -0.135. The van der Waals surface area contributed by atoms with E-state index >= 15 is 0 Å². The number of esters is 1. The highest BCUT2D eigenvalue weighted by Gasteiger charge is 2.52. The molecule has 2 N–H and O–H groups in total. The molecule has 0 heterocycles. The second-order valence-electron chi connectivity index (χ2n) is 4.03. The van der Waals surface area contributed by atoms with Gasteiger partial charge in [-0.15, -0.1) is 11.8 Å². The number of hydrogen-bond acceptors (Lipinski definition) is 4. The van der Waals surface area contributed by atoms with Gasteiger partial charge in [-0.1, -0.05) is 6.07 Å². The Balaban J connectivity index is 2.38. The van der Waals surface area contributed by atoms with Crippen LogP contribution in [-0.4, -0.2) is 19.3 Å². The number of benzene rings is 1. The third-order valence-corrected chi connectivity index (χ3v) is 3.91. The fourth-order valence-corrected chi connectivity index (χ4v) is 2.49. The van der Waals surface area contributed by atoms with Gasteiger partial charge in [0.05, 0.1) is 12.5 Å². The largest absolute Gasteiger partial charge is 0.468 e. The Morgan fingerprint density at radius 3 is 2.69 bits per heavy atom. The summed E-state index contributed by atoms with van der Waals surface area (Å²) in [7, 11) is 1.44. The maximum absolute atomic E-state index is 11.7. The highest BCUT2D eigenvalue weighted by Crippen LogP contribution is 2.50. The number of anilines is 1. The minimum absolute atomic E-state index is 0.135. The summed E-state index contributed by atoms with van der Waals surface area (Å²) in [4.78, 5) is 12.7. The van der Waals surface area contributed by atoms with E-state index in [1.165, 1.54) is 7.11 Å². The molecule has 0 aliphatic heterocycles. The van der Waals surface area contributed by atoms with E-state index in [0.29, 0.717) is 0 Å². The monoisotopic (exact) mass is 237 g/mol. The molecule has 0 bridgehead atoms. The lowest BCUT2D eigenvalue weighted by Crippen LogP contribution is -2.21. The summed E-state index contributed by atoms with van der Waals surface area (Å²) in [5.41, 5.74) is 7.23. The molecule has 0 saturated heterocycles. The van der Waals surface area contributed by atoms with Crippen molar-refractivity contribution in [3.8, 4) is 0 Å². The van der Waals surface area contributed by atoms with Crippen LogP contribution in [0.25, 0.3) is 0 Å². The van der Waals surface area contributed by atoms with Gasteiger partial charge in [-0.3, -0.25) is 4.79 Å². The molecule has 1 fully saturated rings. The van der Waals surface area contributed by atoms with Crippen LogP contribution in [0.2, 0.25) is 0 Å². The van der Waals surface area contributed by atoms with Crippen LogP contribution in [0.15, 0.2) is 23.1 Å². The van der Waals surface area contributed by atoms with Crippen molar-refractivity contribution in [2.75, 3.05) is 19.1 Å². The van der Waals surface area contributed by atoms with E-state index in [9.17, 15) is 4.79 Å². The molecule has 2 rings (SSSR count). The zero-order valence-corrected chi connectivity index (χ0v) is 10.3. The number of carbonyl (C=O) groups is 1. The van der Waals surface area contributed by atoms with Crippen LogP contribution in [0, 0.1) is 0 Å². The summed E-state index contributed by atoms with van der Waals surface area (Å²) in [6.07, 6.45) is 3.72. The molecule has 1 aromatic carbocycles. The van der Waals surface area contributed by atoms with Crippen LogP contribution >= 0.6 is 11.8 Å². The van der Waals surface area contributed by atoms with Crippen molar-refractivity contribution in [2.45, 2.75) is 23.2 Å². The molecule has 0 spiro atoms. The summed E-state index contributed by atoms with van der Waals surface area (Å²) in [5, 5.41) is 0. The maximum atomic E-state index is 11.7. The lowest BCUT2D eigenvalue weighted by Gasteiger charge is -2.14. The molecular weight excluding hydrogens is 222 g/mol. The van der Waals surface area contributed by atoms with E-state index in [4.69, 9.17) is 10.5 Å². The molecule has 0 radical (unpaired) electrons. The van der Waals surface area contributed by atoms with Crippen LogP contribution in [0.1, 0.15) is 18.4 Å². The van der Waals surface area contributed by atoms with Gasteiger partial charge in [-0.25, -0.2) is 0 Å². The quantitative estimate of drug-likeness (QED) is 0.497. The lowest BCUT2D eigenvalue weighted by molar-refractivity contribution is -0.143. The molecule has 0 atom stereocenters. The zero-order chi connectivity index (χ0) is 11.8. The van der Waals surface area contributed by atoms with Gasteiger partial charge in [0.2, 0.25) is 0 Å². The zero-order valence-electron chi connectivity index (χ0n) is 9.45. The molecule has 4 heteroatoms. The van der Waals surface area contributed by atoms with Crippen molar-refractivity contribution < 1.29 is 9.53 Å². The Labute approximate surface area is 99.4 Å². The number of thioether (sulfide) groups is 1. The molecule has 86 valence electrons. The van der Waals surface area contributed by atoms with Crippen molar-refractivity contribution in [1.29, 1.82) is 0 Å². The van der Waals surface area contributed by atoms with Gasteiger partial charge in [-0.05, 0) is 36.8 Å². The second kappa shape index (κ2) is 4.01. The maximum Gasteiger partial charge on any atom is 0.316 e.